The number of anilines is 1. The summed E-state index contributed by atoms with van der Waals surface area (Å²) in [7, 11) is 1.47. The molecular weight excluding hydrogens is 540 g/mol. The van der Waals surface area contributed by atoms with Crippen molar-refractivity contribution < 1.29 is 18.8 Å². The Morgan fingerprint density at radius 1 is 0.951 bits per heavy atom. The molecule has 0 spiro atoms. The third kappa shape index (κ3) is 5.20. The van der Waals surface area contributed by atoms with E-state index in [4.69, 9.17) is 26.1 Å². The van der Waals surface area contributed by atoms with Crippen LogP contribution in [-0.2, 0) is 0 Å². The van der Waals surface area contributed by atoms with Gasteiger partial charge in [0.05, 0.1) is 35.4 Å². The van der Waals surface area contributed by atoms with Gasteiger partial charge in [-0.2, -0.15) is 0 Å². The molecule has 3 heterocycles. The molecule has 1 N–H and O–H groups in total. The maximum atomic E-state index is 11.3. The van der Waals surface area contributed by atoms with Crippen LogP contribution in [0.2, 0.25) is 0 Å². The molecule has 9 nitrogen and oxygen atoms in total. The number of thiocarbonyl (C=S) groups is 1. The van der Waals surface area contributed by atoms with Gasteiger partial charge in [0.2, 0.25) is 0 Å². The van der Waals surface area contributed by atoms with E-state index in [0.717, 1.165) is 17.1 Å². The van der Waals surface area contributed by atoms with Gasteiger partial charge in [0.1, 0.15) is 34.8 Å². The summed E-state index contributed by atoms with van der Waals surface area (Å²) in [5.41, 5.74) is 2.18. The highest BCUT2D eigenvalue weighted by Crippen LogP contribution is 2.44. The van der Waals surface area contributed by atoms with Crippen LogP contribution in [0.25, 0.3) is 11.3 Å². The standard InChI is InChI=1S/C31H24N4O5S/c1-38-28-19-21(35(36)37)12-15-24(28)26-16-17-27(40-26)30-29(25-9-5-6-18-32-25)33-31(41)34(30)20-10-13-23(14-11-20)39-22-7-3-2-4-8-22/h2-19,29-30H,1H3,(H,33,41). The van der Waals surface area contributed by atoms with Crippen LogP contribution in [0.15, 0.2) is 114 Å². The summed E-state index contributed by atoms with van der Waals surface area (Å²) >= 11 is 5.82. The molecule has 0 bridgehead atoms. The average Bonchev–Trinajstić information content (AvgIpc) is 3.63. The molecule has 6 rings (SSSR count). The number of benzene rings is 3. The van der Waals surface area contributed by atoms with Gasteiger partial charge in [0.25, 0.3) is 5.69 Å². The van der Waals surface area contributed by atoms with Crippen molar-refractivity contribution in [2.24, 2.45) is 0 Å². The number of nitrogens with one attached hydrogen (secondary N) is 1. The molecule has 0 aliphatic carbocycles. The molecule has 0 saturated carbocycles. The van der Waals surface area contributed by atoms with Gasteiger partial charge in [-0.25, -0.2) is 0 Å². The average molecular weight is 565 g/mol. The Morgan fingerprint density at radius 2 is 1.71 bits per heavy atom. The quantitative estimate of drug-likeness (QED) is 0.119. The molecule has 3 aromatic carbocycles. The van der Waals surface area contributed by atoms with E-state index in [-0.39, 0.29) is 17.8 Å². The first kappa shape index (κ1) is 26.0. The maximum absolute atomic E-state index is 11.3. The van der Waals surface area contributed by atoms with Gasteiger partial charge in [0.15, 0.2) is 5.11 Å². The molecule has 2 unspecified atom stereocenters. The van der Waals surface area contributed by atoms with E-state index in [2.05, 4.69) is 10.3 Å². The topological polar surface area (TPSA) is 103 Å². The number of rotatable bonds is 8. The lowest BCUT2D eigenvalue weighted by molar-refractivity contribution is -0.384. The zero-order chi connectivity index (χ0) is 28.3. The van der Waals surface area contributed by atoms with Gasteiger partial charge in [-0.3, -0.25) is 15.1 Å². The van der Waals surface area contributed by atoms with Crippen LogP contribution in [0.1, 0.15) is 23.5 Å². The SMILES string of the molecule is COc1cc([N+](=O)[O-])ccc1-c1ccc(C2C(c3ccccn3)NC(=S)N2c2ccc(Oc3ccccc3)cc2)o1. The Kier molecular flexibility index (Phi) is 7.05. The predicted octanol–water partition coefficient (Wildman–Crippen LogP) is 7.23. The lowest BCUT2D eigenvalue weighted by Gasteiger charge is -2.26. The highest BCUT2D eigenvalue weighted by Gasteiger charge is 2.42. The second-order valence-corrected chi connectivity index (χ2v) is 9.64. The first-order valence-corrected chi connectivity index (χ1v) is 13.2. The third-order valence-corrected chi connectivity index (χ3v) is 7.09. The van der Waals surface area contributed by atoms with Gasteiger partial charge in [-0.1, -0.05) is 24.3 Å². The van der Waals surface area contributed by atoms with Gasteiger partial charge < -0.3 is 24.1 Å². The maximum Gasteiger partial charge on any atom is 0.273 e. The summed E-state index contributed by atoms with van der Waals surface area (Å²) in [6.07, 6.45) is 1.74. The van der Waals surface area contributed by atoms with E-state index in [1.165, 1.54) is 19.2 Å². The van der Waals surface area contributed by atoms with Crippen LogP contribution < -0.4 is 19.7 Å². The van der Waals surface area contributed by atoms with Crippen molar-refractivity contribution in [3.05, 3.63) is 131 Å². The van der Waals surface area contributed by atoms with Crippen molar-refractivity contribution in [2.45, 2.75) is 12.1 Å². The molecule has 0 amide bonds. The number of nitro benzene ring substituents is 1. The van der Waals surface area contributed by atoms with Crippen LogP contribution in [0.5, 0.6) is 17.2 Å². The minimum absolute atomic E-state index is 0.0659. The van der Waals surface area contributed by atoms with Crippen LogP contribution in [0, 0.1) is 10.1 Å². The second kappa shape index (κ2) is 11.1. The fourth-order valence-corrected chi connectivity index (χ4v) is 5.22. The van der Waals surface area contributed by atoms with Gasteiger partial charge in [-0.15, -0.1) is 0 Å². The van der Waals surface area contributed by atoms with Crippen LogP contribution >= 0.6 is 12.2 Å². The Labute approximate surface area is 241 Å². The van der Waals surface area contributed by atoms with Crippen molar-refractivity contribution in [2.75, 3.05) is 12.0 Å². The number of nitro groups is 1. The van der Waals surface area contributed by atoms with Gasteiger partial charge in [0, 0.05) is 18.0 Å². The van der Waals surface area contributed by atoms with Gasteiger partial charge >= 0.3 is 0 Å². The fourth-order valence-electron chi connectivity index (χ4n) is 4.87. The number of ether oxygens (including phenoxy) is 2. The number of methoxy groups -OCH3 is 1. The Hall–Kier alpha value is -5.22. The number of furan rings is 1. The smallest absolute Gasteiger partial charge is 0.273 e. The molecule has 1 aliphatic heterocycles. The van der Waals surface area contributed by atoms with Crippen molar-refractivity contribution in [1.29, 1.82) is 0 Å². The first-order valence-electron chi connectivity index (χ1n) is 12.8. The van der Waals surface area contributed by atoms with Crippen molar-refractivity contribution >= 4 is 28.7 Å². The number of hydrogen-bond acceptors (Lipinski definition) is 7. The molecule has 41 heavy (non-hydrogen) atoms. The highest BCUT2D eigenvalue weighted by molar-refractivity contribution is 7.80. The van der Waals surface area contributed by atoms with Crippen LogP contribution in [-0.4, -0.2) is 22.1 Å². The molecule has 2 aromatic heterocycles. The molecule has 204 valence electrons. The number of nitrogens with zero attached hydrogens (tertiary/aromatic N) is 3. The van der Waals surface area contributed by atoms with E-state index in [0.29, 0.717) is 33.7 Å². The summed E-state index contributed by atoms with van der Waals surface area (Å²) in [5.74, 6) is 2.93. The summed E-state index contributed by atoms with van der Waals surface area (Å²) in [4.78, 5) is 17.4. The first-order chi connectivity index (χ1) is 20.0. The molecule has 2 atom stereocenters. The largest absolute Gasteiger partial charge is 0.496 e. The summed E-state index contributed by atoms with van der Waals surface area (Å²) in [6, 6.07) is 30.4. The molecule has 1 saturated heterocycles. The number of para-hydroxylation sites is 1. The molecule has 5 aromatic rings. The van der Waals surface area contributed by atoms with Crippen molar-refractivity contribution in [3.8, 4) is 28.6 Å². The zero-order valence-electron chi connectivity index (χ0n) is 21.8. The molecule has 10 heteroatoms. The van der Waals surface area contributed by atoms with E-state index in [9.17, 15) is 10.1 Å². The normalized spacial score (nSPS) is 16.3. The van der Waals surface area contributed by atoms with E-state index >= 15 is 0 Å². The molecule has 0 radical (unpaired) electrons. The minimum Gasteiger partial charge on any atom is -0.496 e. The number of aromatic nitrogens is 1. The van der Waals surface area contributed by atoms with E-state index in [1.807, 2.05) is 89.8 Å². The van der Waals surface area contributed by atoms with E-state index in [1.54, 1.807) is 12.3 Å². The fraction of sp³-hybridized carbons (Fsp3) is 0.0968. The lowest BCUT2D eigenvalue weighted by atomic mass is 10.0. The monoisotopic (exact) mass is 564 g/mol. The van der Waals surface area contributed by atoms with Crippen LogP contribution in [0.3, 0.4) is 0 Å². The molecule has 1 fully saturated rings. The van der Waals surface area contributed by atoms with Crippen LogP contribution in [0.4, 0.5) is 11.4 Å². The highest BCUT2D eigenvalue weighted by atomic mass is 32.1. The Bertz CT molecular complexity index is 1690. The zero-order valence-corrected chi connectivity index (χ0v) is 22.7. The second-order valence-electron chi connectivity index (χ2n) is 9.25. The predicted molar refractivity (Wildman–Crippen MR) is 158 cm³/mol. The summed E-state index contributed by atoms with van der Waals surface area (Å²) in [5, 5.41) is 15.2. The number of pyridine rings is 1. The number of hydrogen-bond donors (Lipinski definition) is 1. The Balaban J connectivity index is 1.37. The van der Waals surface area contributed by atoms with Crippen molar-refractivity contribution in [3.63, 3.8) is 0 Å². The summed E-state index contributed by atoms with van der Waals surface area (Å²) in [6.45, 7) is 0. The molecular formula is C31H24N4O5S. The molecule has 1 aliphatic rings. The van der Waals surface area contributed by atoms with Gasteiger partial charge in [-0.05, 0) is 78.9 Å². The van der Waals surface area contributed by atoms with E-state index < -0.39 is 4.92 Å². The lowest BCUT2D eigenvalue weighted by Crippen LogP contribution is -2.29. The minimum atomic E-state index is -0.462. The number of non-ortho nitro benzene ring substituents is 1. The third-order valence-electron chi connectivity index (χ3n) is 6.77. The van der Waals surface area contributed by atoms with Crippen molar-refractivity contribution in [1.82, 2.24) is 10.3 Å². The summed E-state index contributed by atoms with van der Waals surface area (Å²) < 4.78 is 17.8. The Morgan fingerprint density at radius 3 is 2.41 bits per heavy atom.